The van der Waals surface area contributed by atoms with E-state index in [9.17, 15) is 14.0 Å². The van der Waals surface area contributed by atoms with E-state index in [0.717, 1.165) is 32.1 Å². The molecule has 0 unspecified atom stereocenters. The fourth-order valence-corrected chi connectivity index (χ4v) is 3.05. The van der Waals surface area contributed by atoms with E-state index in [0.29, 0.717) is 0 Å². The van der Waals surface area contributed by atoms with Crippen molar-refractivity contribution < 1.29 is 19.1 Å². The Labute approximate surface area is 123 Å². The number of amides is 1. The Morgan fingerprint density at radius 2 is 1.86 bits per heavy atom. The quantitative estimate of drug-likeness (QED) is 0.877. The molecular formula is C16H20FNO3. The number of rotatable bonds is 5. The number of hydrogen-bond donors (Lipinski definition) is 2. The molecule has 2 rings (SSSR count). The van der Waals surface area contributed by atoms with Gasteiger partial charge in [-0.2, -0.15) is 0 Å². The standard InChI is InChI=1S/C16H20FNO3/c17-13-7-3-2-6-12(13)15(21)18-11-16(10-14(19)20)8-4-1-5-9-16/h2-3,6-7H,1,4-5,8-11H2,(H,18,21)(H,19,20). The average molecular weight is 293 g/mol. The average Bonchev–Trinajstić information content (AvgIpc) is 2.46. The van der Waals surface area contributed by atoms with Gasteiger partial charge in [-0.25, -0.2) is 4.39 Å². The van der Waals surface area contributed by atoms with Gasteiger partial charge in [0, 0.05) is 6.54 Å². The van der Waals surface area contributed by atoms with Gasteiger partial charge in [0.15, 0.2) is 0 Å². The minimum Gasteiger partial charge on any atom is -0.481 e. The third-order valence-corrected chi connectivity index (χ3v) is 4.18. The Balaban J connectivity index is 2.03. The summed E-state index contributed by atoms with van der Waals surface area (Å²) in [4.78, 5) is 23.1. The first-order chi connectivity index (χ1) is 10.0. The Kier molecular flexibility index (Phi) is 4.94. The molecule has 0 spiro atoms. The Bertz CT molecular complexity index is 524. The van der Waals surface area contributed by atoms with Gasteiger partial charge in [0.05, 0.1) is 12.0 Å². The van der Waals surface area contributed by atoms with Crippen molar-refractivity contribution in [1.82, 2.24) is 5.32 Å². The SMILES string of the molecule is O=C(O)CC1(CNC(=O)c2ccccc2F)CCCCC1. The van der Waals surface area contributed by atoms with Crippen LogP contribution < -0.4 is 5.32 Å². The number of carbonyl (C=O) groups excluding carboxylic acids is 1. The molecule has 0 radical (unpaired) electrons. The lowest BCUT2D eigenvalue weighted by Gasteiger charge is -2.36. The largest absolute Gasteiger partial charge is 0.481 e. The van der Waals surface area contributed by atoms with Gasteiger partial charge in [-0.3, -0.25) is 9.59 Å². The molecule has 1 aromatic rings. The molecule has 1 aliphatic rings. The third-order valence-electron chi connectivity index (χ3n) is 4.18. The molecule has 1 amide bonds. The number of carboxylic acid groups (broad SMARTS) is 1. The molecule has 1 fully saturated rings. The predicted octanol–water partition coefficient (Wildman–Crippen LogP) is 2.98. The second-order valence-corrected chi connectivity index (χ2v) is 5.79. The first-order valence-corrected chi connectivity index (χ1v) is 7.27. The molecule has 0 aromatic heterocycles. The van der Waals surface area contributed by atoms with E-state index < -0.39 is 23.1 Å². The van der Waals surface area contributed by atoms with Crippen molar-refractivity contribution in [3.8, 4) is 0 Å². The van der Waals surface area contributed by atoms with Crippen molar-refractivity contribution in [2.45, 2.75) is 38.5 Å². The van der Waals surface area contributed by atoms with Gasteiger partial charge in [-0.05, 0) is 30.4 Å². The molecule has 0 heterocycles. The molecule has 0 bridgehead atoms. The van der Waals surface area contributed by atoms with E-state index in [1.165, 1.54) is 18.2 Å². The molecule has 1 saturated carbocycles. The fourth-order valence-electron chi connectivity index (χ4n) is 3.05. The number of nitrogens with one attached hydrogen (secondary N) is 1. The van der Waals surface area contributed by atoms with Crippen LogP contribution in [0.3, 0.4) is 0 Å². The van der Waals surface area contributed by atoms with Crippen LogP contribution in [0.2, 0.25) is 0 Å². The highest BCUT2D eigenvalue weighted by molar-refractivity contribution is 5.94. The van der Waals surface area contributed by atoms with Crippen LogP contribution in [0.1, 0.15) is 48.9 Å². The molecule has 0 aliphatic heterocycles. The molecule has 2 N–H and O–H groups in total. The van der Waals surface area contributed by atoms with E-state index in [1.54, 1.807) is 6.07 Å². The van der Waals surface area contributed by atoms with Gasteiger partial charge in [-0.1, -0.05) is 31.4 Å². The lowest BCUT2D eigenvalue weighted by molar-refractivity contribution is -0.140. The number of benzene rings is 1. The second kappa shape index (κ2) is 6.70. The van der Waals surface area contributed by atoms with Crippen LogP contribution in [0.25, 0.3) is 0 Å². The number of hydrogen-bond acceptors (Lipinski definition) is 2. The molecule has 114 valence electrons. The predicted molar refractivity (Wildman–Crippen MR) is 76.5 cm³/mol. The minimum atomic E-state index is -0.850. The van der Waals surface area contributed by atoms with E-state index in [4.69, 9.17) is 5.11 Å². The Morgan fingerprint density at radius 3 is 2.48 bits per heavy atom. The summed E-state index contributed by atoms with van der Waals surface area (Å²) in [5.41, 5.74) is -0.399. The van der Waals surface area contributed by atoms with Gasteiger partial charge >= 0.3 is 5.97 Å². The summed E-state index contributed by atoms with van der Waals surface area (Å²) in [5.74, 6) is -1.90. The maximum absolute atomic E-state index is 13.6. The zero-order chi connectivity index (χ0) is 15.3. The van der Waals surface area contributed by atoms with Crippen molar-refractivity contribution in [1.29, 1.82) is 0 Å². The molecule has 0 atom stereocenters. The number of halogens is 1. The highest BCUT2D eigenvalue weighted by Crippen LogP contribution is 2.38. The highest BCUT2D eigenvalue weighted by atomic mass is 19.1. The summed E-state index contributed by atoms with van der Waals surface area (Å²) in [6.07, 6.45) is 4.67. The highest BCUT2D eigenvalue weighted by Gasteiger charge is 2.34. The van der Waals surface area contributed by atoms with Crippen molar-refractivity contribution >= 4 is 11.9 Å². The number of carbonyl (C=O) groups is 2. The second-order valence-electron chi connectivity index (χ2n) is 5.79. The van der Waals surface area contributed by atoms with E-state index >= 15 is 0 Å². The zero-order valence-corrected chi connectivity index (χ0v) is 11.9. The maximum Gasteiger partial charge on any atom is 0.303 e. The molecule has 4 nitrogen and oxygen atoms in total. The van der Waals surface area contributed by atoms with Gasteiger partial charge in [0.1, 0.15) is 5.82 Å². The molecule has 5 heteroatoms. The summed E-state index contributed by atoms with van der Waals surface area (Å²) >= 11 is 0. The number of carboxylic acids is 1. The summed E-state index contributed by atoms with van der Waals surface area (Å²) < 4.78 is 13.6. The fraction of sp³-hybridized carbons (Fsp3) is 0.500. The maximum atomic E-state index is 13.6. The lowest BCUT2D eigenvalue weighted by Crippen LogP contribution is -2.40. The molecule has 1 aromatic carbocycles. The Morgan fingerprint density at radius 1 is 1.19 bits per heavy atom. The van der Waals surface area contributed by atoms with Crippen LogP contribution in [0.15, 0.2) is 24.3 Å². The van der Waals surface area contributed by atoms with Crippen LogP contribution in [-0.2, 0) is 4.79 Å². The Hall–Kier alpha value is -1.91. The summed E-state index contributed by atoms with van der Waals surface area (Å²) in [6, 6.07) is 5.79. The van der Waals surface area contributed by atoms with Crippen LogP contribution in [0.5, 0.6) is 0 Å². The minimum absolute atomic E-state index is 0.00113. The van der Waals surface area contributed by atoms with Gasteiger partial charge < -0.3 is 10.4 Å². The molecule has 1 aliphatic carbocycles. The number of aliphatic carboxylic acids is 1. The zero-order valence-electron chi connectivity index (χ0n) is 11.9. The van der Waals surface area contributed by atoms with E-state index in [2.05, 4.69) is 5.32 Å². The lowest BCUT2D eigenvalue weighted by atomic mass is 9.71. The van der Waals surface area contributed by atoms with Gasteiger partial charge in [0.2, 0.25) is 0 Å². The van der Waals surface area contributed by atoms with Crippen LogP contribution in [0.4, 0.5) is 4.39 Å². The molecular weight excluding hydrogens is 273 g/mol. The monoisotopic (exact) mass is 293 g/mol. The van der Waals surface area contributed by atoms with E-state index in [1.807, 2.05) is 0 Å². The smallest absolute Gasteiger partial charge is 0.303 e. The van der Waals surface area contributed by atoms with Crippen molar-refractivity contribution in [2.24, 2.45) is 5.41 Å². The summed E-state index contributed by atoms with van der Waals surface area (Å²) in [5, 5.41) is 11.8. The molecule has 0 saturated heterocycles. The molecule has 21 heavy (non-hydrogen) atoms. The van der Waals surface area contributed by atoms with Gasteiger partial charge in [-0.15, -0.1) is 0 Å². The van der Waals surface area contributed by atoms with Crippen LogP contribution in [-0.4, -0.2) is 23.5 Å². The first-order valence-electron chi connectivity index (χ1n) is 7.27. The third kappa shape index (κ3) is 4.03. The summed E-state index contributed by atoms with van der Waals surface area (Å²) in [7, 11) is 0. The normalized spacial score (nSPS) is 17.2. The van der Waals surface area contributed by atoms with Gasteiger partial charge in [0.25, 0.3) is 5.91 Å². The van der Waals surface area contributed by atoms with Crippen molar-refractivity contribution in [2.75, 3.05) is 6.54 Å². The van der Waals surface area contributed by atoms with Crippen LogP contribution in [0, 0.1) is 11.2 Å². The van der Waals surface area contributed by atoms with Crippen LogP contribution >= 0.6 is 0 Å². The first kappa shape index (κ1) is 15.5. The van der Waals surface area contributed by atoms with Crippen molar-refractivity contribution in [3.63, 3.8) is 0 Å². The van der Waals surface area contributed by atoms with Crippen molar-refractivity contribution in [3.05, 3.63) is 35.6 Å². The topological polar surface area (TPSA) is 66.4 Å². The summed E-state index contributed by atoms with van der Waals surface area (Å²) in [6.45, 7) is 0.284. The van der Waals surface area contributed by atoms with E-state index in [-0.39, 0.29) is 18.5 Å².